The van der Waals surface area contributed by atoms with Crippen LogP contribution in [0.25, 0.3) is 0 Å². The van der Waals surface area contributed by atoms with Gasteiger partial charge in [0.1, 0.15) is 13.2 Å². The molecule has 2 aromatic carbocycles. The fraction of sp³-hybridized carbons (Fsp3) is 0.333. The largest absolute Gasteiger partial charge is 0.486 e. The Bertz CT molecular complexity index is 833. The lowest BCUT2D eigenvalue weighted by molar-refractivity contribution is 0.171. The number of benzene rings is 2. The van der Waals surface area contributed by atoms with E-state index in [0.717, 1.165) is 12.0 Å². The van der Waals surface area contributed by atoms with Crippen LogP contribution >= 0.6 is 0 Å². The third-order valence-electron chi connectivity index (χ3n) is 4.17. The van der Waals surface area contributed by atoms with Crippen molar-refractivity contribution in [3.05, 3.63) is 48.0 Å². The second-order valence-corrected chi connectivity index (χ2v) is 7.49. The minimum atomic E-state index is -3.70. The van der Waals surface area contributed by atoms with Crippen molar-refractivity contribution < 1.29 is 17.9 Å². The van der Waals surface area contributed by atoms with Gasteiger partial charge >= 0.3 is 0 Å². The standard InChI is InChI=1S/C18H21NO4S/c1-3-13(2)15-6-4-5-7-16(15)19-24(20,21)14-8-9-17-18(12-14)23-11-10-22-17/h4-9,12-13,19H,3,10-11H2,1-2H3/t13-/m1/s1. The van der Waals surface area contributed by atoms with Gasteiger partial charge in [0, 0.05) is 6.07 Å². The van der Waals surface area contributed by atoms with E-state index in [1.165, 1.54) is 12.1 Å². The maximum absolute atomic E-state index is 12.7. The zero-order valence-corrected chi connectivity index (χ0v) is 14.6. The minimum absolute atomic E-state index is 0.158. The lowest BCUT2D eigenvalue weighted by atomic mass is 9.97. The summed E-state index contributed by atoms with van der Waals surface area (Å²) >= 11 is 0. The van der Waals surface area contributed by atoms with E-state index in [4.69, 9.17) is 9.47 Å². The van der Waals surface area contributed by atoms with Gasteiger partial charge in [-0.3, -0.25) is 4.72 Å². The van der Waals surface area contributed by atoms with E-state index in [2.05, 4.69) is 18.6 Å². The van der Waals surface area contributed by atoms with Crippen LogP contribution in [0, 0.1) is 0 Å². The van der Waals surface area contributed by atoms with Crippen molar-refractivity contribution in [3.63, 3.8) is 0 Å². The highest BCUT2D eigenvalue weighted by Crippen LogP contribution is 2.33. The number of fused-ring (bicyclic) bond motifs is 1. The summed E-state index contributed by atoms with van der Waals surface area (Å²) < 4.78 is 39.1. The first-order valence-electron chi connectivity index (χ1n) is 8.02. The molecule has 5 nitrogen and oxygen atoms in total. The van der Waals surface area contributed by atoms with E-state index in [9.17, 15) is 8.42 Å². The number of nitrogens with one attached hydrogen (secondary N) is 1. The molecule has 0 radical (unpaired) electrons. The van der Waals surface area contributed by atoms with Gasteiger partial charge in [-0.25, -0.2) is 8.42 Å². The molecule has 1 atom stereocenters. The van der Waals surface area contributed by atoms with Gasteiger partial charge in [-0.05, 0) is 36.1 Å². The van der Waals surface area contributed by atoms with Gasteiger partial charge < -0.3 is 9.47 Å². The minimum Gasteiger partial charge on any atom is -0.486 e. The summed E-state index contributed by atoms with van der Waals surface area (Å²) in [4.78, 5) is 0.158. The number of sulfonamides is 1. The number of para-hydroxylation sites is 1. The molecule has 0 aromatic heterocycles. The molecule has 0 spiro atoms. The van der Waals surface area contributed by atoms with Crippen molar-refractivity contribution in [1.82, 2.24) is 0 Å². The first kappa shape index (κ1) is 16.6. The van der Waals surface area contributed by atoms with E-state index >= 15 is 0 Å². The number of rotatable bonds is 5. The van der Waals surface area contributed by atoms with Crippen molar-refractivity contribution in [2.75, 3.05) is 17.9 Å². The predicted octanol–water partition coefficient (Wildman–Crippen LogP) is 3.77. The highest BCUT2D eigenvalue weighted by atomic mass is 32.2. The molecule has 1 heterocycles. The monoisotopic (exact) mass is 347 g/mol. The average Bonchev–Trinajstić information content (AvgIpc) is 2.60. The molecule has 6 heteroatoms. The molecule has 1 aliphatic rings. The lowest BCUT2D eigenvalue weighted by Crippen LogP contribution is -2.18. The normalized spacial score (nSPS) is 14.9. The zero-order chi connectivity index (χ0) is 17.2. The Labute approximate surface area is 142 Å². The molecule has 2 aromatic rings. The van der Waals surface area contributed by atoms with Crippen LogP contribution < -0.4 is 14.2 Å². The molecule has 128 valence electrons. The van der Waals surface area contributed by atoms with E-state index in [0.29, 0.717) is 30.4 Å². The smallest absolute Gasteiger partial charge is 0.262 e. The zero-order valence-electron chi connectivity index (χ0n) is 13.8. The summed E-state index contributed by atoms with van der Waals surface area (Å²) in [6, 6.07) is 12.2. The summed E-state index contributed by atoms with van der Waals surface area (Å²) in [5.74, 6) is 1.30. The van der Waals surface area contributed by atoms with Gasteiger partial charge in [0.15, 0.2) is 11.5 Å². The number of ether oxygens (including phenoxy) is 2. The van der Waals surface area contributed by atoms with Gasteiger partial charge in [0.2, 0.25) is 0 Å². The highest BCUT2D eigenvalue weighted by molar-refractivity contribution is 7.92. The van der Waals surface area contributed by atoms with E-state index in [1.807, 2.05) is 18.2 Å². The number of anilines is 1. The fourth-order valence-corrected chi connectivity index (χ4v) is 3.74. The van der Waals surface area contributed by atoms with Gasteiger partial charge in [-0.2, -0.15) is 0 Å². The second kappa shape index (κ2) is 6.73. The molecule has 0 aliphatic carbocycles. The Hall–Kier alpha value is -2.21. The Balaban J connectivity index is 1.92. The molecular weight excluding hydrogens is 326 g/mol. The molecule has 0 fully saturated rings. The third kappa shape index (κ3) is 3.33. The molecule has 0 bridgehead atoms. The summed E-state index contributed by atoms with van der Waals surface area (Å²) in [5, 5.41) is 0. The van der Waals surface area contributed by atoms with Gasteiger partial charge in [0.25, 0.3) is 10.0 Å². The van der Waals surface area contributed by atoms with Crippen LogP contribution in [0.5, 0.6) is 11.5 Å². The predicted molar refractivity (Wildman–Crippen MR) is 93.4 cm³/mol. The van der Waals surface area contributed by atoms with Crippen LogP contribution in [0.1, 0.15) is 31.7 Å². The van der Waals surface area contributed by atoms with E-state index in [1.54, 1.807) is 12.1 Å². The number of hydrogen-bond acceptors (Lipinski definition) is 4. The molecule has 3 rings (SSSR count). The Morgan fingerprint density at radius 3 is 2.54 bits per heavy atom. The average molecular weight is 347 g/mol. The second-order valence-electron chi connectivity index (χ2n) is 5.81. The molecular formula is C18H21NO4S. The summed E-state index contributed by atoms with van der Waals surface area (Å²) in [6.45, 7) is 5.05. The van der Waals surface area contributed by atoms with Crippen LogP contribution in [0.4, 0.5) is 5.69 Å². The van der Waals surface area contributed by atoms with Crippen molar-refractivity contribution in [1.29, 1.82) is 0 Å². The van der Waals surface area contributed by atoms with Gasteiger partial charge in [-0.1, -0.05) is 32.0 Å². The summed E-state index contributed by atoms with van der Waals surface area (Å²) in [5.41, 5.74) is 1.60. The molecule has 1 aliphatic heterocycles. The first-order valence-corrected chi connectivity index (χ1v) is 9.51. The van der Waals surface area contributed by atoms with E-state index in [-0.39, 0.29) is 10.8 Å². The Morgan fingerprint density at radius 1 is 1.08 bits per heavy atom. The van der Waals surface area contributed by atoms with Crippen LogP contribution in [-0.2, 0) is 10.0 Å². The maximum Gasteiger partial charge on any atom is 0.262 e. The number of hydrogen-bond donors (Lipinski definition) is 1. The lowest BCUT2D eigenvalue weighted by Gasteiger charge is -2.20. The Morgan fingerprint density at radius 2 is 1.79 bits per heavy atom. The first-order chi connectivity index (χ1) is 11.5. The van der Waals surface area contributed by atoms with Crippen LogP contribution in [-0.4, -0.2) is 21.6 Å². The van der Waals surface area contributed by atoms with Gasteiger partial charge in [0.05, 0.1) is 10.6 Å². The topological polar surface area (TPSA) is 64.6 Å². The van der Waals surface area contributed by atoms with E-state index < -0.39 is 10.0 Å². The van der Waals surface area contributed by atoms with Crippen molar-refractivity contribution in [2.24, 2.45) is 0 Å². The molecule has 0 saturated carbocycles. The molecule has 0 unspecified atom stereocenters. The Kier molecular flexibility index (Phi) is 4.66. The summed E-state index contributed by atoms with van der Waals surface area (Å²) in [6.07, 6.45) is 0.933. The molecule has 0 saturated heterocycles. The third-order valence-corrected chi connectivity index (χ3v) is 5.54. The molecule has 0 amide bonds. The molecule has 1 N–H and O–H groups in total. The van der Waals surface area contributed by atoms with Crippen molar-refractivity contribution in [2.45, 2.75) is 31.1 Å². The highest BCUT2D eigenvalue weighted by Gasteiger charge is 2.21. The van der Waals surface area contributed by atoms with Crippen LogP contribution in [0.2, 0.25) is 0 Å². The SMILES string of the molecule is CC[C@@H](C)c1ccccc1NS(=O)(=O)c1ccc2c(c1)OCCO2. The quantitative estimate of drug-likeness (QED) is 0.894. The van der Waals surface area contributed by atoms with Crippen LogP contribution in [0.3, 0.4) is 0 Å². The summed E-state index contributed by atoms with van der Waals surface area (Å²) in [7, 11) is -3.70. The van der Waals surface area contributed by atoms with Crippen molar-refractivity contribution >= 4 is 15.7 Å². The maximum atomic E-state index is 12.7. The van der Waals surface area contributed by atoms with Crippen LogP contribution in [0.15, 0.2) is 47.4 Å². The molecule has 24 heavy (non-hydrogen) atoms. The fourth-order valence-electron chi connectivity index (χ4n) is 2.63. The van der Waals surface area contributed by atoms with Gasteiger partial charge in [-0.15, -0.1) is 0 Å². The van der Waals surface area contributed by atoms with Crippen molar-refractivity contribution in [3.8, 4) is 11.5 Å².